The fraction of sp³-hybridized carbons (Fsp3) is 0.250. The maximum absolute atomic E-state index is 11.8. The zero-order valence-corrected chi connectivity index (χ0v) is 13.8. The van der Waals surface area contributed by atoms with Crippen LogP contribution in [0.5, 0.6) is 5.75 Å². The summed E-state index contributed by atoms with van der Waals surface area (Å²) in [6, 6.07) is 6.59. The molecule has 0 radical (unpaired) electrons. The first-order chi connectivity index (χ1) is 11.6. The maximum atomic E-state index is 11.8. The van der Waals surface area contributed by atoms with Gasteiger partial charge in [0.05, 0.1) is 0 Å². The number of amides is 1. The summed E-state index contributed by atoms with van der Waals surface area (Å²) < 4.78 is 10.6. The number of aryl methyl sites for hydroxylation is 1. The highest BCUT2D eigenvalue weighted by Crippen LogP contribution is 2.22. The van der Waals surface area contributed by atoms with E-state index in [1.807, 2.05) is 6.92 Å². The van der Waals surface area contributed by atoms with Crippen LogP contribution in [0.4, 0.5) is 0 Å². The lowest BCUT2D eigenvalue weighted by Crippen LogP contribution is -2.30. The van der Waals surface area contributed by atoms with Crippen LogP contribution in [-0.2, 0) is 11.2 Å². The predicted octanol–water partition coefficient (Wildman–Crippen LogP) is 1.69. The Labute approximate surface area is 141 Å². The van der Waals surface area contributed by atoms with Crippen LogP contribution >= 0.6 is 11.3 Å². The topological polar surface area (TPSA) is 94.3 Å². The molecule has 2 heterocycles. The molecule has 8 heteroatoms. The Balaban J connectivity index is 1.55. The molecule has 3 rings (SSSR count). The lowest BCUT2D eigenvalue weighted by Gasteiger charge is -2.08. The van der Waals surface area contributed by atoms with Gasteiger partial charge in [-0.25, -0.2) is 4.79 Å². The molecule has 7 nitrogen and oxygen atoms in total. The zero-order chi connectivity index (χ0) is 16.9. The van der Waals surface area contributed by atoms with E-state index in [9.17, 15) is 9.59 Å². The second-order valence-electron chi connectivity index (χ2n) is 5.13. The number of nitrogens with one attached hydrogen (secondary N) is 1. The average molecular weight is 345 g/mol. The van der Waals surface area contributed by atoms with Gasteiger partial charge in [0.2, 0.25) is 0 Å². The lowest BCUT2D eigenvalue weighted by atomic mass is 10.1. The summed E-state index contributed by atoms with van der Waals surface area (Å²) in [6.07, 6.45) is 0.636. The van der Waals surface area contributed by atoms with Crippen molar-refractivity contribution >= 4 is 28.2 Å². The molecular weight excluding hydrogens is 330 g/mol. The largest absolute Gasteiger partial charge is 0.484 e. The Morgan fingerprint density at radius 3 is 3.04 bits per heavy atom. The summed E-state index contributed by atoms with van der Waals surface area (Å²) in [4.78, 5) is 23.2. The number of rotatable bonds is 6. The molecule has 0 fully saturated rings. The minimum atomic E-state index is -0.411. The van der Waals surface area contributed by atoms with E-state index in [-0.39, 0.29) is 12.5 Å². The molecule has 0 bridgehead atoms. The van der Waals surface area contributed by atoms with Gasteiger partial charge >= 0.3 is 5.63 Å². The van der Waals surface area contributed by atoms with Crippen molar-refractivity contribution in [2.45, 2.75) is 13.3 Å². The number of hydrogen-bond acceptors (Lipinski definition) is 7. The third-order valence-corrected chi connectivity index (χ3v) is 4.12. The van der Waals surface area contributed by atoms with E-state index >= 15 is 0 Å². The number of ether oxygens (including phenoxy) is 1. The molecule has 0 unspecified atom stereocenters. The molecule has 0 saturated heterocycles. The van der Waals surface area contributed by atoms with Crippen molar-refractivity contribution in [2.24, 2.45) is 0 Å². The summed E-state index contributed by atoms with van der Waals surface area (Å²) in [5.41, 5.74) is 2.52. The van der Waals surface area contributed by atoms with Crippen LogP contribution in [0.3, 0.4) is 0 Å². The highest BCUT2D eigenvalue weighted by atomic mass is 32.1. The van der Waals surface area contributed by atoms with Crippen molar-refractivity contribution in [3.8, 4) is 5.75 Å². The second kappa shape index (κ2) is 7.22. The quantitative estimate of drug-likeness (QED) is 0.683. The van der Waals surface area contributed by atoms with E-state index in [1.165, 1.54) is 17.4 Å². The Bertz CT molecular complexity index is 905. The molecule has 0 atom stereocenters. The molecule has 24 heavy (non-hydrogen) atoms. The molecule has 1 N–H and O–H groups in total. The van der Waals surface area contributed by atoms with Gasteiger partial charge in [0.25, 0.3) is 5.91 Å². The highest BCUT2D eigenvalue weighted by Gasteiger charge is 2.07. The van der Waals surface area contributed by atoms with Crippen LogP contribution in [0.2, 0.25) is 0 Å². The average Bonchev–Trinajstić information content (AvgIpc) is 3.05. The van der Waals surface area contributed by atoms with Gasteiger partial charge in [-0.15, -0.1) is 21.5 Å². The van der Waals surface area contributed by atoms with Crippen LogP contribution in [0, 0.1) is 6.92 Å². The van der Waals surface area contributed by atoms with Crippen LogP contribution in [0.25, 0.3) is 11.0 Å². The molecule has 1 aromatic carbocycles. The summed E-state index contributed by atoms with van der Waals surface area (Å²) >= 11 is 1.45. The van der Waals surface area contributed by atoms with E-state index in [0.717, 1.165) is 16.0 Å². The summed E-state index contributed by atoms with van der Waals surface area (Å²) in [6.45, 7) is 2.20. The van der Waals surface area contributed by atoms with E-state index in [2.05, 4.69) is 15.5 Å². The predicted molar refractivity (Wildman–Crippen MR) is 89.3 cm³/mol. The van der Waals surface area contributed by atoms with Crippen molar-refractivity contribution in [1.29, 1.82) is 0 Å². The summed E-state index contributed by atoms with van der Waals surface area (Å²) in [5, 5.41) is 12.1. The SMILES string of the molecule is Cc1cc(=O)oc2cc(OCC(=O)NCCc3nncs3)ccc12. The second-order valence-corrected chi connectivity index (χ2v) is 6.05. The minimum absolute atomic E-state index is 0.113. The van der Waals surface area contributed by atoms with E-state index in [4.69, 9.17) is 9.15 Å². The Morgan fingerprint density at radius 1 is 1.38 bits per heavy atom. The first-order valence-corrected chi connectivity index (χ1v) is 8.19. The van der Waals surface area contributed by atoms with Crippen LogP contribution in [0.1, 0.15) is 10.6 Å². The van der Waals surface area contributed by atoms with Gasteiger partial charge in [-0.2, -0.15) is 0 Å². The molecule has 0 saturated carbocycles. The molecule has 2 aromatic heterocycles. The number of carbonyl (C=O) groups excluding carboxylic acids is 1. The molecule has 0 aliphatic heterocycles. The first-order valence-electron chi connectivity index (χ1n) is 7.31. The first kappa shape index (κ1) is 16.1. The van der Waals surface area contributed by atoms with Gasteiger partial charge in [-0.05, 0) is 24.6 Å². The van der Waals surface area contributed by atoms with Crippen LogP contribution in [0.15, 0.2) is 39.0 Å². The van der Waals surface area contributed by atoms with E-state index in [1.54, 1.807) is 23.7 Å². The van der Waals surface area contributed by atoms with Gasteiger partial charge in [0.15, 0.2) is 6.61 Å². The normalized spacial score (nSPS) is 10.7. The van der Waals surface area contributed by atoms with Crippen LogP contribution in [-0.4, -0.2) is 29.3 Å². The maximum Gasteiger partial charge on any atom is 0.336 e. The Kier molecular flexibility index (Phi) is 4.85. The summed E-state index contributed by atoms with van der Waals surface area (Å²) in [7, 11) is 0. The summed E-state index contributed by atoms with van der Waals surface area (Å²) in [5.74, 6) is 0.237. The van der Waals surface area contributed by atoms with Gasteiger partial charge in [0, 0.05) is 30.5 Å². The molecule has 124 valence electrons. The van der Waals surface area contributed by atoms with Gasteiger partial charge in [-0.1, -0.05) is 0 Å². The molecule has 3 aromatic rings. The van der Waals surface area contributed by atoms with E-state index < -0.39 is 5.63 Å². The third kappa shape index (κ3) is 3.96. The number of carbonyl (C=O) groups is 1. The fourth-order valence-corrected chi connectivity index (χ4v) is 2.74. The molecular formula is C16H15N3O4S. The smallest absolute Gasteiger partial charge is 0.336 e. The van der Waals surface area contributed by atoms with Gasteiger partial charge in [0.1, 0.15) is 21.9 Å². The van der Waals surface area contributed by atoms with Crippen molar-refractivity contribution in [2.75, 3.05) is 13.2 Å². The Morgan fingerprint density at radius 2 is 2.25 bits per heavy atom. The highest BCUT2D eigenvalue weighted by molar-refractivity contribution is 7.09. The molecule has 0 aliphatic rings. The van der Waals surface area contributed by atoms with Gasteiger partial charge in [-0.3, -0.25) is 4.79 Å². The third-order valence-electron chi connectivity index (χ3n) is 3.36. The van der Waals surface area contributed by atoms with Gasteiger partial charge < -0.3 is 14.5 Å². The van der Waals surface area contributed by atoms with Crippen molar-refractivity contribution in [1.82, 2.24) is 15.5 Å². The van der Waals surface area contributed by atoms with Crippen molar-refractivity contribution in [3.63, 3.8) is 0 Å². The Hall–Kier alpha value is -2.74. The number of aromatic nitrogens is 2. The van der Waals surface area contributed by atoms with Crippen LogP contribution < -0.4 is 15.7 Å². The van der Waals surface area contributed by atoms with Crippen molar-refractivity contribution < 1.29 is 13.9 Å². The number of nitrogens with zero attached hydrogens (tertiary/aromatic N) is 2. The van der Waals surface area contributed by atoms with Crippen molar-refractivity contribution in [3.05, 3.63) is 50.8 Å². The van der Waals surface area contributed by atoms with E-state index in [0.29, 0.717) is 24.3 Å². The minimum Gasteiger partial charge on any atom is -0.484 e. The molecule has 0 spiro atoms. The number of hydrogen-bond donors (Lipinski definition) is 1. The number of benzene rings is 1. The zero-order valence-electron chi connectivity index (χ0n) is 12.9. The molecule has 1 amide bonds. The standard InChI is InChI=1S/C16H15N3O4S/c1-10-6-16(21)23-13-7-11(2-3-12(10)13)22-8-14(20)17-5-4-15-19-18-9-24-15/h2-3,6-7,9H,4-5,8H2,1H3,(H,17,20). The lowest BCUT2D eigenvalue weighted by molar-refractivity contribution is -0.123. The number of fused-ring (bicyclic) bond motifs is 1. The molecule has 0 aliphatic carbocycles. The fourth-order valence-electron chi connectivity index (χ4n) is 2.21. The monoisotopic (exact) mass is 345 g/mol.